The Balaban J connectivity index is 1.35. The van der Waals surface area contributed by atoms with Crippen molar-refractivity contribution in [2.45, 2.75) is 11.0 Å². The van der Waals surface area contributed by atoms with Crippen LogP contribution in [0.1, 0.15) is 16.2 Å². The second kappa shape index (κ2) is 7.76. The van der Waals surface area contributed by atoms with Gasteiger partial charge in [0.15, 0.2) is 11.5 Å². The van der Waals surface area contributed by atoms with Crippen molar-refractivity contribution in [1.82, 2.24) is 20.2 Å². The number of methoxy groups -OCH3 is 1. The average molecular weight is 438 g/mol. The fraction of sp³-hybridized carbons (Fsp3) is 0.150. The molecule has 156 valence electrons. The van der Waals surface area contributed by atoms with Gasteiger partial charge in [-0.15, -0.1) is 10.2 Å². The minimum absolute atomic E-state index is 0.182. The molecule has 0 saturated carbocycles. The van der Waals surface area contributed by atoms with Gasteiger partial charge >= 0.3 is 5.97 Å². The molecular formula is C20H14N4O6S. The van der Waals surface area contributed by atoms with Crippen molar-refractivity contribution in [3.63, 3.8) is 0 Å². The number of aromatic nitrogens is 4. The number of carbonyl (C=O) groups excluding carboxylic acids is 1. The van der Waals surface area contributed by atoms with Gasteiger partial charge in [-0.05, 0) is 36.4 Å². The summed E-state index contributed by atoms with van der Waals surface area (Å²) in [7, 11) is 1.29. The zero-order valence-electron chi connectivity index (χ0n) is 16.1. The Hall–Kier alpha value is -3.86. The van der Waals surface area contributed by atoms with E-state index in [2.05, 4.69) is 20.2 Å². The number of nitrogens with zero attached hydrogens (tertiary/aromatic N) is 3. The standard InChI is InChI=1S/C20H14N4O6S/c1-27-19(26)11-2-4-12-13(6-11)21-16(22-17(12)25)8-31-20-24-23-18(30-20)10-3-5-14-15(7-10)29-9-28-14/h2-7H,8-9H2,1H3,(H,21,22,25). The van der Waals surface area contributed by atoms with Crippen LogP contribution in [-0.2, 0) is 10.5 Å². The fourth-order valence-corrected chi connectivity index (χ4v) is 3.68. The molecule has 0 fully saturated rings. The highest BCUT2D eigenvalue weighted by Crippen LogP contribution is 2.36. The zero-order chi connectivity index (χ0) is 21.4. The van der Waals surface area contributed by atoms with Crippen LogP contribution < -0.4 is 15.0 Å². The summed E-state index contributed by atoms with van der Waals surface area (Å²) in [5.74, 6) is 1.82. The molecule has 0 aliphatic carbocycles. The van der Waals surface area contributed by atoms with Gasteiger partial charge in [-0.25, -0.2) is 9.78 Å². The third-order valence-electron chi connectivity index (χ3n) is 4.54. The van der Waals surface area contributed by atoms with E-state index in [1.807, 2.05) is 0 Å². The first kappa shape index (κ1) is 19.1. The van der Waals surface area contributed by atoms with Gasteiger partial charge in [0.05, 0.1) is 29.3 Å². The number of hydrogen-bond donors (Lipinski definition) is 1. The highest BCUT2D eigenvalue weighted by Gasteiger charge is 2.17. The van der Waals surface area contributed by atoms with Gasteiger partial charge in [0, 0.05) is 5.56 Å². The Kier molecular flexibility index (Phi) is 4.79. The van der Waals surface area contributed by atoms with Crippen LogP contribution in [0.4, 0.5) is 0 Å². The Morgan fingerprint density at radius 2 is 2.03 bits per heavy atom. The van der Waals surface area contributed by atoms with Crippen LogP contribution in [0.2, 0.25) is 0 Å². The molecule has 31 heavy (non-hydrogen) atoms. The average Bonchev–Trinajstić information content (AvgIpc) is 3.45. The molecule has 0 radical (unpaired) electrons. The van der Waals surface area contributed by atoms with Crippen molar-refractivity contribution < 1.29 is 23.4 Å². The van der Waals surface area contributed by atoms with Gasteiger partial charge in [-0.2, -0.15) is 0 Å². The molecule has 0 atom stereocenters. The topological polar surface area (TPSA) is 129 Å². The molecule has 1 N–H and O–H groups in total. The highest BCUT2D eigenvalue weighted by molar-refractivity contribution is 7.98. The molecule has 10 nitrogen and oxygen atoms in total. The number of nitrogens with one attached hydrogen (secondary N) is 1. The number of benzene rings is 2. The summed E-state index contributed by atoms with van der Waals surface area (Å²) in [4.78, 5) is 31.2. The fourth-order valence-electron chi connectivity index (χ4n) is 3.05. The Morgan fingerprint density at radius 3 is 2.90 bits per heavy atom. The SMILES string of the molecule is COC(=O)c1ccc2c(=O)[nH]c(CSc3nnc(-c4ccc5c(c4)OCO5)o3)nc2c1. The van der Waals surface area contributed by atoms with Gasteiger partial charge in [0.1, 0.15) is 5.82 Å². The summed E-state index contributed by atoms with van der Waals surface area (Å²) < 4.78 is 21.1. The second-order valence-corrected chi connectivity index (χ2v) is 7.39. The van der Waals surface area contributed by atoms with E-state index in [1.54, 1.807) is 24.3 Å². The number of carbonyl (C=O) groups is 1. The number of esters is 1. The van der Waals surface area contributed by atoms with Crippen LogP contribution in [0.5, 0.6) is 11.5 Å². The number of ether oxygens (including phenoxy) is 3. The van der Waals surface area contributed by atoms with E-state index in [0.29, 0.717) is 50.5 Å². The van der Waals surface area contributed by atoms with Crippen molar-refractivity contribution in [2.24, 2.45) is 0 Å². The third kappa shape index (κ3) is 3.70. The summed E-state index contributed by atoms with van der Waals surface area (Å²) in [5, 5.41) is 8.78. The van der Waals surface area contributed by atoms with Crippen molar-refractivity contribution in [3.8, 4) is 23.0 Å². The van der Waals surface area contributed by atoms with E-state index in [9.17, 15) is 9.59 Å². The lowest BCUT2D eigenvalue weighted by atomic mass is 10.1. The maximum Gasteiger partial charge on any atom is 0.337 e. The number of rotatable bonds is 5. The number of aromatic amines is 1. The lowest BCUT2D eigenvalue weighted by Crippen LogP contribution is -2.12. The predicted octanol–water partition coefficient (Wildman–Crippen LogP) is 2.78. The molecule has 1 aliphatic heterocycles. The molecule has 11 heteroatoms. The zero-order valence-corrected chi connectivity index (χ0v) is 16.9. The minimum atomic E-state index is -0.498. The van der Waals surface area contributed by atoms with Crippen LogP contribution >= 0.6 is 11.8 Å². The van der Waals surface area contributed by atoms with E-state index in [0.717, 1.165) is 0 Å². The number of hydrogen-bond acceptors (Lipinski definition) is 10. The van der Waals surface area contributed by atoms with Crippen LogP contribution in [0.15, 0.2) is 50.8 Å². The molecule has 0 bridgehead atoms. The van der Waals surface area contributed by atoms with Crippen LogP contribution in [0, 0.1) is 0 Å². The Morgan fingerprint density at radius 1 is 1.16 bits per heavy atom. The lowest BCUT2D eigenvalue weighted by Gasteiger charge is -2.04. The highest BCUT2D eigenvalue weighted by atomic mass is 32.2. The molecule has 2 aromatic carbocycles. The van der Waals surface area contributed by atoms with Crippen molar-refractivity contribution in [3.05, 3.63) is 58.1 Å². The summed E-state index contributed by atoms with van der Waals surface area (Å²) in [6.07, 6.45) is 0. The monoisotopic (exact) mass is 438 g/mol. The lowest BCUT2D eigenvalue weighted by molar-refractivity contribution is 0.0601. The largest absolute Gasteiger partial charge is 0.465 e. The van der Waals surface area contributed by atoms with Gasteiger partial charge < -0.3 is 23.6 Å². The van der Waals surface area contributed by atoms with Gasteiger partial charge in [-0.1, -0.05) is 11.8 Å². The number of thioether (sulfide) groups is 1. The molecule has 0 saturated heterocycles. The molecule has 0 spiro atoms. The smallest absolute Gasteiger partial charge is 0.337 e. The van der Waals surface area contributed by atoms with E-state index >= 15 is 0 Å². The van der Waals surface area contributed by atoms with Gasteiger partial charge in [-0.3, -0.25) is 4.79 Å². The van der Waals surface area contributed by atoms with E-state index in [1.165, 1.54) is 31.0 Å². The first-order valence-electron chi connectivity index (χ1n) is 9.08. The predicted molar refractivity (Wildman–Crippen MR) is 109 cm³/mol. The number of H-pyrrole nitrogens is 1. The van der Waals surface area contributed by atoms with Gasteiger partial charge in [0.2, 0.25) is 12.7 Å². The maximum atomic E-state index is 12.3. The van der Waals surface area contributed by atoms with Crippen LogP contribution in [-0.4, -0.2) is 40.0 Å². The van der Waals surface area contributed by atoms with E-state index < -0.39 is 5.97 Å². The molecular weight excluding hydrogens is 424 g/mol. The molecule has 2 aromatic heterocycles. The van der Waals surface area contributed by atoms with Crippen LogP contribution in [0.25, 0.3) is 22.4 Å². The molecule has 0 amide bonds. The Bertz CT molecular complexity index is 1370. The first-order chi connectivity index (χ1) is 15.1. The molecule has 4 aromatic rings. The molecule has 5 rings (SSSR count). The minimum Gasteiger partial charge on any atom is -0.465 e. The summed E-state index contributed by atoms with van der Waals surface area (Å²) in [6, 6.07) is 9.94. The molecule has 3 heterocycles. The normalized spacial score (nSPS) is 12.3. The Labute approximate surface area is 178 Å². The third-order valence-corrected chi connectivity index (χ3v) is 5.36. The van der Waals surface area contributed by atoms with Crippen molar-refractivity contribution in [1.29, 1.82) is 0 Å². The molecule has 0 unspecified atom stereocenters. The summed E-state index contributed by atoms with van der Waals surface area (Å²) in [6.45, 7) is 0.182. The van der Waals surface area contributed by atoms with Crippen LogP contribution in [0.3, 0.4) is 0 Å². The maximum absolute atomic E-state index is 12.3. The number of fused-ring (bicyclic) bond motifs is 2. The van der Waals surface area contributed by atoms with Gasteiger partial charge in [0.25, 0.3) is 10.8 Å². The van der Waals surface area contributed by atoms with E-state index in [4.69, 9.17) is 18.6 Å². The summed E-state index contributed by atoms with van der Waals surface area (Å²) in [5.41, 5.74) is 1.12. The van der Waals surface area contributed by atoms with E-state index in [-0.39, 0.29) is 18.1 Å². The molecule has 1 aliphatic rings. The van der Waals surface area contributed by atoms with Crippen molar-refractivity contribution in [2.75, 3.05) is 13.9 Å². The quantitative estimate of drug-likeness (QED) is 0.367. The van der Waals surface area contributed by atoms with Crippen molar-refractivity contribution >= 4 is 28.6 Å². The summed E-state index contributed by atoms with van der Waals surface area (Å²) >= 11 is 1.23. The first-order valence-corrected chi connectivity index (χ1v) is 10.1. The second-order valence-electron chi connectivity index (χ2n) is 6.47.